The van der Waals surface area contributed by atoms with Crippen molar-refractivity contribution in [2.75, 3.05) is 17.3 Å². The standard InChI is InChI=1S/C16H19ClN2/c17-12-14-7-2-1-5-11-19(14)16-10-9-13-6-3-4-8-15(13)18-16/h3-4,6,8-10,14H,1-2,5,7,11-12H2. The molecule has 1 aliphatic rings. The van der Waals surface area contributed by atoms with Crippen LogP contribution in [0.3, 0.4) is 0 Å². The van der Waals surface area contributed by atoms with Gasteiger partial charge in [0.1, 0.15) is 5.82 Å². The van der Waals surface area contributed by atoms with Crippen molar-refractivity contribution >= 4 is 28.3 Å². The lowest BCUT2D eigenvalue weighted by atomic mass is 10.1. The summed E-state index contributed by atoms with van der Waals surface area (Å²) in [5.74, 6) is 1.76. The largest absolute Gasteiger partial charge is 0.352 e. The molecule has 0 radical (unpaired) electrons. The van der Waals surface area contributed by atoms with Crippen LogP contribution in [0.4, 0.5) is 5.82 Å². The van der Waals surface area contributed by atoms with Crippen molar-refractivity contribution in [3.8, 4) is 0 Å². The van der Waals surface area contributed by atoms with Crippen LogP contribution < -0.4 is 4.90 Å². The van der Waals surface area contributed by atoms with E-state index < -0.39 is 0 Å². The predicted molar refractivity (Wildman–Crippen MR) is 82.1 cm³/mol. The summed E-state index contributed by atoms with van der Waals surface area (Å²) < 4.78 is 0. The number of para-hydroxylation sites is 1. The molecule has 0 amide bonds. The van der Waals surface area contributed by atoms with Gasteiger partial charge in [-0.25, -0.2) is 4.98 Å². The molecule has 1 atom stereocenters. The zero-order valence-electron chi connectivity index (χ0n) is 11.1. The van der Waals surface area contributed by atoms with Crippen LogP contribution in [0.25, 0.3) is 10.9 Å². The molecular weight excluding hydrogens is 256 g/mol. The van der Waals surface area contributed by atoms with E-state index in [4.69, 9.17) is 16.6 Å². The van der Waals surface area contributed by atoms with Crippen molar-refractivity contribution in [2.45, 2.75) is 31.7 Å². The highest BCUT2D eigenvalue weighted by Gasteiger charge is 2.21. The van der Waals surface area contributed by atoms with Gasteiger partial charge in [-0.1, -0.05) is 31.0 Å². The molecule has 0 N–H and O–H groups in total. The summed E-state index contributed by atoms with van der Waals surface area (Å²) in [5.41, 5.74) is 1.07. The number of rotatable bonds is 2. The maximum atomic E-state index is 6.15. The molecule has 19 heavy (non-hydrogen) atoms. The van der Waals surface area contributed by atoms with Crippen LogP contribution in [0.1, 0.15) is 25.7 Å². The second-order valence-corrected chi connectivity index (χ2v) is 5.52. The maximum absolute atomic E-state index is 6.15. The first-order valence-electron chi connectivity index (χ1n) is 7.07. The molecule has 1 aromatic carbocycles. The van der Waals surface area contributed by atoms with Crippen molar-refractivity contribution in [1.82, 2.24) is 4.98 Å². The molecule has 0 saturated carbocycles. The molecule has 3 rings (SSSR count). The Morgan fingerprint density at radius 3 is 2.89 bits per heavy atom. The van der Waals surface area contributed by atoms with Gasteiger partial charge in [0.2, 0.25) is 0 Å². The van der Waals surface area contributed by atoms with E-state index in [1.165, 1.54) is 31.1 Å². The predicted octanol–water partition coefficient (Wildman–Crippen LogP) is 4.22. The summed E-state index contributed by atoms with van der Waals surface area (Å²) in [4.78, 5) is 7.20. The average molecular weight is 275 g/mol. The van der Waals surface area contributed by atoms with Gasteiger partial charge in [-0.05, 0) is 31.0 Å². The molecule has 1 saturated heterocycles. The fraction of sp³-hybridized carbons (Fsp3) is 0.438. The van der Waals surface area contributed by atoms with Crippen molar-refractivity contribution in [2.24, 2.45) is 0 Å². The second kappa shape index (κ2) is 5.79. The number of pyridine rings is 1. The lowest BCUT2D eigenvalue weighted by molar-refractivity contribution is 0.617. The fourth-order valence-corrected chi connectivity index (χ4v) is 3.18. The van der Waals surface area contributed by atoms with Crippen molar-refractivity contribution in [3.63, 3.8) is 0 Å². The van der Waals surface area contributed by atoms with Crippen molar-refractivity contribution in [1.29, 1.82) is 0 Å². The minimum Gasteiger partial charge on any atom is -0.352 e. The van der Waals surface area contributed by atoms with Gasteiger partial charge in [0.25, 0.3) is 0 Å². The molecule has 1 aromatic heterocycles. The normalized spacial score (nSPS) is 20.5. The van der Waals surface area contributed by atoms with Gasteiger partial charge >= 0.3 is 0 Å². The Morgan fingerprint density at radius 1 is 1.11 bits per heavy atom. The van der Waals surface area contributed by atoms with Crippen LogP contribution in [-0.4, -0.2) is 23.5 Å². The summed E-state index contributed by atoms with van der Waals surface area (Å²) in [7, 11) is 0. The van der Waals surface area contributed by atoms with E-state index in [1.54, 1.807) is 0 Å². The van der Waals surface area contributed by atoms with Crippen LogP contribution in [-0.2, 0) is 0 Å². The number of aromatic nitrogens is 1. The van der Waals surface area contributed by atoms with Gasteiger partial charge in [0.05, 0.1) is 5.52 Å². The summed E-state index contributed by atoms with van der Waals surface area (Å²) in [6, 6.07) is 13.0. The number of benzene rings is 1. The zero-order valence-corrected chi connectivity index (χ0v) is 11.8. The number of alkyl halides is 1. The first kappa shape index (κ1) is 12.7. The third-order valence-corrected chi connectivity index (χ3v) is 4.29. The van der Waals surface area contributed by atoms with Gasteiger partial charge in [0, 0.05) is 23.9 Å². The van der Waals surface area contributed by atoms with Crippen LogP contribution in [0.2, 0.25) is 0 Å². The molecule has 0 aliphatic carbocycles. The highest BCUT2D eigenvalue weighted by atomic mass is 35.5. The van der Waals surface area contributed by atoms with Crippen LogP contribution >= 0.6 is 11.6 Å². The number of nitrogens with zero attached hydrogens (tertiary/aromatic N) is 2. The Kier molecular flexibility index (Phi) is 3.88. The summed E-state index contributed by atoms with van der Waals surface area (Å²) in [6.45, 7) is 1.07. The van der Waals surface area contributed by atoms with E-state index in [0.717, 1.165) is 17.9 Å². The third-order valence-electron chi connectivity index (χ3n) is 3.93. The van der Waals surface area contributed by atoms with Crippen LogP contribution in [0.5, 0.6) is 0 Å². The Hall–Kier alpha value is -1.28. The molecule has 1 aliphatic heterocycles. The van der Waals surface area contributed by atoms with Crippen molar-refractivity contribution < 1.29 is 0 Å². The summed E-state index contributed by atoms with van der Waals surface area (Å²) in [6.07, 6.45) is 5.00. The molecule has 2 aromatic rings. The molecule has 2 nitrogen and oxygen atoms in total. The Morgan fingerprint density at radius 2 is 2.00 bits per heavy atom. The third kappa shape index (κ3) is 2.69. The summed E-state index contributed by atoms with van der Waals surface area (Å²) in [5, 5.41) is 1.20. The monoisotopic (exact) mass is 274 g/mol. The molecule has 100 valence electrons. The first-order valence-corrected chi connectivity index (χ1v) is 7.60. The summed E-state index contributed by atoms with van der Waals surface area (Å²) >= 11 is 6.15. The second-order valence-electron chi connectivity index (χ2n) is 5.21. The zero-order chi connectivity index (χ0) is 13.1. The number of halogens is 1. The molecule has 2 heterocycles. The van der Waals surface area contributed by atoms with E-state index in [0.29, 0.717) is 11.9 Å². The van der Waals surface area contributed by atoms with Gasteiger partial charge in [-0.15, -0.1) is 11.6 Å². The van der Waals surface area contributed by atoms with E-state index in [-0.39, 0.29) is 0 Å². The van der Waals surface area contributed by atoms with Gasteiger partial charge in [-0.3, -0.25) is 0 Å². The lowest BCUT2D eigenvalue weighted by Crippen LogP contribution is -2.36. The smallest absolute Gasteiger partial charge is 0.129 e. The molecular formula is C16H19ClN2. The van der Waals surface area contributed by atoms with Crippen LogP contribution in [0, 0.1) is 0 Å². The Bertz CT molecular complexity index is 555. The molecule has 1 unspecified atom stereocenters. The number of fused-ring (bicyclic) bond motifs is 1. The van der Waals surface area contributed by atoms with Gasteiger partial charge in [0.15, 0.2) is 0 Å². The van der Waals surface area contributed by atoms with E-state index in [2.05, 4.69) is 35.2 Å². The minimum absolute atomic E-state index is 0.429. The SMILES string of the molecule is ClCC1CCCCCN1c1ccc2ccccc2n1. The topological polar surface area (TPSA) is 16.1 Å². The number of anilines is 1. The average Bonchev–Trinajstić information content (AvgIpc) is 2.72. The Labute approximate surface area is 119 Å². The lowest BCUT2D eigenvalue weighted by Gasteiger charge is -2.29. The highest BCUT2D eigenvalue weighted by molar-refractivity contribution is 6.18. The molecule has 1 fully saturated rings. The van der Waals surface area contributed by atoms with Crippen molar-refractivity contribution in [3.05, 3.63) is 36.4 Å². The van der Waals surface area contributed by atoms with Gasteiger partial charge in [-0.2, -0.15) is 0 Å². The first-order chi connectivity index (χ1) is 9.38. The van der Waals surface area contributed by atoms with E-state index >= 15 is 0 Å². The molecule has 0 spiro atoms. The minimum atomic E-state index is 0.429. The maximum Gasteiger partial charge on any atom is 0.129 e. The highest BCUT2D eigenvalue weighted by Crippen LogP contribution is 2.25. The quantitative estimate of drug-likeness (QED) is 0.762. The molecule has 0 bridgehead atoms. The van der Waals surface area contributed by atoms with Gasteiger partial charge < -0.3 is 4.90 Å². The molecule has 3 heteroatoms. The van der Waals surface area contributed by atoms with E-state index in [9.17, 15) is 0 Å². The fourth-order valence-electron chi connectivity index (χ4n) is 2.85. The van der Waals surface area contributed by atoms with E-state index in [1.807, 2.05) is 6.07 Å². The Balaban J connectivity index is 1.96. The number of hydrogen-bond donors (Lipinski definition) is 0. The number of hydrogen-bond acceptors (Lipinski definition) is 2. The van der Waals surface area contributed by atoms with Crippen LogP contribution in [0.15, 0.2) is 36.4 Å².